The van der Waals surface area contributed by atoms with Crippen molar-refractivity contribution < 1.29 is 24.2 Å². The summed E-state index contributed by atoms with van der Waals surface area (Å²) in [5.41, 5.74) is 4.57. The lowest BCUT2D eigenvalue weighted by Crippen LogP contribution is -2.53. The van der Waals surface area contributed by atoms with Gasteiger partial charge in [0.15, 0.2) is 0 Å². The van der Waals surface area contributed by atoms with E-state index < -0.39 is 30.1 Å². The van der Waals surface area contributed by atoms with Crippen LogP contribution in [0.15, 0.2) is 48.5 Å². The van der Waals surface area contributed by atoms with Gasteiger partial charge in [-0.05, 0) is 47.4 Å². The lowest BCUT2D eigenvalue weighted by molar-refractivity contribution is -0.144. The molecule has 2 aromatic rings. The Morgan fingerprint density at radius 1 is 0.914 bits per heavy atom. The molecular formula is C28H32N2O5. The second-order valence-corrected chi connectivity index (χ2v) is 10.0. The van der Waals surface area contributed by atoms with Crippen LogP contribution in [0.4, 0.5) is 4.79 Å². The summed E-state index contributed by atoms with van der Waals surface area (Å²) in [5, 5.41) is 15.2. The van der Waals surface area contributed by atoms with Gasteiger partial charge in [-0.2, -0.15) is 0 Å². The predicted octanol–water partition coefficient (Wildman–Crippen LogP) is 4.45. The van der Waals surface area contributed by atoms with Crippen LogP contribution in [0.5, 0.6) is 0 Å². The van der Waals surface area contributed by atoms with E-state index in [2.05, 4.69) is 34.9 Å². The second kappa shape index (κ2) is 10.1. The van der Waals surface area contributed by atoms with Gasteiger partial charge in [0.25, 0.3) is 0 Å². The van der Waals surface area contributed by atoms with Gasteiger partial charge in [-0.1, -0.05) is 74.2 Å². The monoisotopic (exact) mass is 476 g/mol. The van der Waals surface area contributed by atoms with Crippen LogP contribution in [-0.4, -0.2) is 41.8 Å². The molecule has 7 heteroatoms. The first-order valence-corrected chi connectivity index (χ1v) is 12.7. The van der Waals surface area contributed by atoms with Gasteiger partial charge in [-0.15, -0.1) is 0 Å². The first-order chi connectivity index (χ1) is 17.0. The van der Waals surface area contributed by atoms with Crippen molar-refractivity contribution >= 4 is 18.0 Å². The lowest BCUT2D eigenvalue weighted by atomic mass is 9.84. The fourth-order valence-corrected chi connectivity index (χ4v) is 5.58. The van der Waals surface area contributed by atoms with E-state index >= 15 is 0 Å². The number of carboxylic acids is 1. The summed E-state index contributed by atoms with van der Waals surface area (Å²) in [6.45, 7) is 0.182. The molecule has 2 fully saturated rings. The highest BCUT2D eigenvalue weighted by Crippen LogP contribution is 2.44. The molecule has 0 aromatic heterocycles. The molecule has 0 heterocycles. The van der Waals surface area contributed by atoms with Gasteiger partial charge >= 0.3 is 12.1 Å². The van der Waals surface area contributed by atoms with E-state index in [1.807, 2.05) is 24.3 Å². The smallest absolute Gasteiger partial charge is 0.407 e. The number of alkyl carbamates (subject to hydrolysis) is 1. The van der Waals surface area contributed by atoms with Gasteiger partial charge in [0.05, 0.1) is 5.92 Å². The summed E-state index contributed by atoms with van der Waals surface area (Å²) in [7, 11) is 0. The molecule has 2 aromatic carbocycles. The molecule has 3 N–H and O–H groups in total. The molecular weight excluding hydrogens is 444 g/mol. The van der Waals surface area contributed by atoms with E-state index in [9.17, 15) is 19.5 Å². The molecule has 7 nitrogen and oxygen atoms in total. The van der Waals surface area contributed by atoms with E-state index in [0.29, 0.717) is 25.2 Å². The number of benzene rings is 2. The summed E-state index contributed by atoms with van der Waals surface area (Å²) < 4.78 is 5.65. The van der Waals surface area contributed by atoms with Crippen molar-refractivity contribution in [3.8, 4) is 11.1 Å². The van der Waals surface area contributed by atoms with Gasteiger partial charge < -0.3 is 20.5 Å². The quantitative estimate of drug-likeness (QED) is 0.522. The average Bonchev–Trinajstić information content (AvgIpc) is 3.63. The highest BCUT2D eigenvalue weighted by Gasteiger charge is 2.36. The Hall–Kier alpha value is -3.35. The minimum absolute atomic E-state index is 0.0533. The van der Waals surface area contributed by atoms with E-state index in [4.69, 9.17) is 4.74 Å². The van der Waals surface area contributed by atoms with Crippen molar-refractivity contribution in [1.29, 1.82) is 0 Å². The number of fused-ring (bicyclic) bond motifs is 3. The first kappa shape index (κ1) is 23.4. The molecule has 2 unspecified atom stereocenters. The average molecular weight is 477 g/mol. The number of nitrogens with one attached hydrogen (secondary N) is 2. The van der Waals surface area contributed by atoms with Crippen LogP contribution in [0.1, 0.15) is 62.0 Å². The molecule has 0 radical (unpaired) electrons. The number of carboxylic acid groups (broad SMARTS) is 1. The molecule has 3 aliphatic carbocycles. The van der Waals surface area contributed by atoms with Gasteiger partial charge in [0, 0.05) is 12.0 Å². The molecule has 0 bridgehead atoms. The standard InChI is InChI=1S/C28H32N2O5/c31-26(29-24-12-6-5-11-22(24)27(32)33)25(15-17-13-14-17)30-28(34)35-16-23-20-9-3-1-7-18(20)19-8-2-4-10-21(19)23/h1-4,7-10,17,22-25H,5-6,11-16H2,(H,29,31)(H,30,34)(H,32,33)/t22?,24?,25-/m0/s1. The lowest BCUT2D eigenvalue weighted by Gasteiger charge is -2.30. The highest BCUT2D eigenvalue weighted by atomic mass is 16.5. The molecule has 5 rings (SSSR count). The van der Waals surface area contributed by atoms with E-state index in [1.54, 1.807) is 0 Å². The minimum Gasteiger partial charge on any atom is -0.481 e. The Bertz CT molecular complexity index is 1070. The number of ether oxygens (including phenoxy) is 1. The molecule has 0 saturated heterocycles. The van der Waals surface area contributed by atoms with Crippen molar-refractivity contribution in [3.63, 3.8) is 0 Å². The van der Waals surface area contributed by atoms with Crippen LogP contribution in [0.2, 0.25) is 0 Å². The Balaban J connectivity index is 1.22. The summed E-state index contributed by atoms with van der Waals surface area (Å²) in [6.07, 6.45) is 4.95. The summed E-state index contributed by atoms with van der Waals surface area (Å²) in [6, 6.07) is 15.2. The zero-order valence-electron chi connectivity index (χ0n) is 19.7. The molecule has 35 heavy (non-hydrogen) atoms. The van der Waals surface area contributed by atoms with Crippen molar-refractivity contribution in [2.24, 2.45) is 11.8 Å². The maximum Gasteiger partial charge on any atom is 0.407 e. The zero-order valence-corrected chi connectivity index (χ0v) is 19.7. The van der Waals surface area contributed by atoms with E-state index in [0.717, 1.165) is 47.9 Å². The largest absolute Gasteiger partial charge is 0.481 e. The Morgan fingerprint density at radius 3 is 2.17 bits per heavy atom. The van der Waals surface area contributed by atoms with Crippen molar-refractivity contribution in [2.45, 2.75) is 62.9 Å². The first-order valence-electron chi connectivity index (χ1n) is 12.7. The number of hydrogen-bond donors (Lipinski definition) is 3. The second-order valence-electron chi connectivity index (χ2n) is 10.0. The Morgan fingerprint density at radius 2 is 1.54 bits per heavy atom. The van der Waals surface area contributed by atoms with Crippen LogP contribution in [0, 0.1) is 11.8 Å². The van der Waals surface area contributed by atoms with Crippen LogP contribution in [-0.2, 0) is 14.3 Å². The molecule has 184 valence electrons. The fourth-order valence-electron chi connectivity index (χ4n) is 5.58. The predicted molar refractivity (Wildman–Crippen MR) is 131 cm³/mol. The zero-order chi connectivity index (χ0) is 24.4. The van der Waals surface area contributed by atoms with Gasteiger partial charge in [0.2, 0.25) is 5.91 Å². The maximum absolute atomic E-state index is 13.1. The molecule has 3 atom stereocenters. The maximum atomic E-state index is 13.1. The van der Waals surface area contributed by atoms with Crippen LogP contribution < -0.4 is 10.6 Å². The Kier molecular flexibility index (Phi) is 6.75. The summed E-state index contributed by atoms with van der Waals surface area (Å²) in [4.78, 5) is 37.5. The molecule has 2 amide bonds. The van der Waals surface area contributed by atoms with E-state index in [-0.39, 0.29) is 18.4 Å². The molecule has 0 spiro atoms. The molecule has 3 aliphatic rings. The molecule has 2 saturated carbocycles. The van der Waals surface area contributed by atoms with Crippen LogP contribution >= 0.6 is 0 Å². The van der Waals surface area contributed by atoms with Crippen LogP contribution in [0.3, 0.4) is 0 Å². The number of carbonyl (C=O) groups is 3. The van der Waals surface area contributed by atoms with E-state index in [1.165, 1.54) is 0 Å². The SMILES string of the molecule is O=C(N[C@@H](CC1CC1)C(=O)NC1CCCCC1C(=O)O)OCC1c2ccccc2-c2ccccc21. The van der Waals surface area contributed by atoms with Gasteiger partial charge in [-0.25, -0.2) is 4.79 Å². The number of hydrogen-bond acceptors (Lipinski definition) is 4. The fraction of sp³-hybridized carbons (Fsp3) is 0.464. The third kappa shape index (κ3) is 5.19. The van der Waals surface area contributed by atoms with Crippen molar-refractivity contribution in [1.82, 2.24) is 10.6 Å². The summed E-state index contributed by atoms with van der Waals surface area (Å²) in [5.74, 6) is -1.42. The normalized spacial score (nSPS) is 21.9. The van der Waals surface area contributed by atoms with Crippen LogP contribution in [0.25, 0.3) is 11.1 Å². The van der Waals surface area contributed by atoms with Gasteiger partial charge in [0.1, 0.15) is 12.6 Å². The van der Waals surface area contributed by atoms with Crippen molar-refractivity contribution in [2.75, 3.05) is 6.61 Å². The van der Waals surface area contributed by atoms with Gasteiger partial charge in [-0.3, -0.25) is 9.59 Å². The Labute approximate surface area is 205 Å². The highest BCUT2D eigenvalue weighted by molar-refractivity contribution is 5.86. The number of rotatable bonds is 8. The number of carbonyl (C=O) groups excluding carboxylic acids is 2. The van der Waals surface area contributed by atoms with Crippen molar-refractivity contribution in [3.05, 3.63) is 59.7 Å². The minimum atomic E-state index is -0.877. The summed E-state index contributed by atoms with van der Waals surface area (Å²) >= 11 is 0. The molecule has 0 aliphatic heterocycles. The number of aliphatic carboxylic acids is 1. The third-order valence-corrected chi connectivity index (χ3v) is 7.63. The topological polar surface area (TPSA) is 105 Å². The third-order valence-electron chi connectivity index (χ3n) is 7.63. The number of amides is 2.